The van der Waals surface area contributed by atoms with Crippen LogP contribution >= 0.6 is 0 Å². The molecule has 1 unspecified atom stereocenters. The van der Waals surface area contributed by atoms with Gasteiger partial charge in [0, 0.05) is 24.0 Å². The fourth-order valence-electron chi connectivity index (χ4n) is 4.06. The molecule has 0 saturated carbocycles. The van der Waals surface area contributed by atoms with Crippen LogP contribution in [0.1, 0.15) is 71.2 Å². The zero-order valence-electron chi connectivity index (χ0n) is 21.2. The van der Waals surface area contributed by atoms with E-state index in [-0.39, 0.29) is 11.9 Å². The minimum absolute atomic E-state index is 0.239. The molecule has 0 saturated heterocycles. The molecule has 0 aliphatic rings. The van der Waals surface area contributed by atoms with Gasteiger partial charge >= 0.3 is 0 Å². The number of pyridine rings is 1. The van der Waals surface area contributed by atoms with Crippen molar-refractivity contribution in [3.63, 3.8) is 0 Å². The number of aryl methyl sites for hydroxylation is 2. The van der Waals surface area contributed by atoms with Crippen LogP contribution in [0, 0.1) is 25.2 Å². The highest BCUT2D eigenvalue weighted by Crippen LogP contribution is 2.29. The number of nitrogens with zero attached hydrogens (tertiary/aromatic N) is 3. The maximum atomic E-state index is 13.3. The van der Waals surface area contributed by atoms with Gasteiger partial charge in [-0.2, -0.15) is 5.26 Å². The van der Waals surface area contributed by atoms with Gasteiger partial charge in [0.1, 0.15) is 0 Å². The molecule has 0 bridgehead atoms. The van der Waals surface area contributed by atoms with Crippen LogP contribution in [0.3, 0.4) is 0 Å². The third-order valence-electron chi connectivity index (χ3n) is 6.32. The minimum atomic E-state index is -0.767. The summed E-state index contributed by atoms with van der Waals surface area (Å²) < 4.78 is 0. The predicted octanol–water partition coefficient (Wildman–Crippen LogP) is 5.10. The molecule has 0 aliphatic carbocycles. The molecule has 2 N–H and O–H groups in total. The molecule has 2 atom stereocenters. The van der Waals surface area contributed by atoms with Crippen LogP contribution in [0.2, 0.25) is 0 Å². The van der Waals surface area contributed by atoms with E-state index in [4.69, 9.17) is 0 Å². The SMILES string of the molecule is CCN(CC)CC(O)c1cc(C(=O)N[C@H](C)c2ccc(C)nc2)cc(-c2ccc(C)cc2C#N)c1. The lowest BCUT2D eigenvalue weighted by Crippen LogP contribution is -2.29. The van der Waals surface area contributed by atoms with Crippen LogP contribution < -0.4 is 5.32 Å². The van der Waals surface area contributed by atoms with Gasteiger partial charge in [0.2, 0.25) is 0 Å². The molecule has 1 aromatic heterocycles. The molecule has 0 fully saturated rings. The summed E-state index contributed by atoms with van der Waals surface area (Å²) in [6.45, 7) is 12.0. The highest BCUT2D eigenvalue weighted by molar-refractivity contribution is 5.96. The van der Waals surface area contributed by atoms with E-state index in [1.165, 1.54) is 0 Å². The lowest BCUT2D eigenvalue weighted by molar-refractivity contribution is 0.0939. The number of hydrogen-bond acceptors (Lipinski definition) is 5. The molecule has 0 spiro atoms. The van der Waals surface area contributed by atoms with E-state index in [9.17, 15) is 15.2 Å². The summed E-state index contributed by atoms with van der Waals surface area (Å²) in [7, 11) is 0. The van der Waals surface area contributed by atoms with Crippen LogP contribution in [0.15, 0.2) is 54.7 Å². The van der Waals surface area contributed by atoms with Gasteiger partial charge in [-0.05, 0) is 92.0 Å². The number of aromatic nitrogens is 1. The van der Waals surface area contributed by atoms with Gasteiger partial charge in [0.25, 0.3) is 5.91 Å². The number of carbonyl (C=O) groups excluding carboxylic acids is 1. The Morgan fingerprint density at radius 1 is 1.09 bits per heavy atom. The summed E-state index contributed by atoms with van der Waals surface area (Å²) in [5.41, 5.74) is 5.89. The lowest BCUT2D eigenvalue weighted by atomic mass is 9.93. The number of nitriles is 1. The maximum Gasteiger partial charge on any atom is 0.251 e. The number of rotatable bonds is 9. The number of aliphatic hydroxyl groups is 1. The molecule has 0 radical (unpaired) electrons. The highest BCUT2D eigenvalue weighted by Gasteiger charge is 2.19. The number of aliphatic hydroxyl groups excluding tert-OH is 1. The number of amides is 1. The summed E-state index contributed by atoms with van der Waals surface area (Å²) in [6.07, 6.45) is 0.998. The summed E-state index contributed by atoms with van der Waals surface area (Å²) in [4.78, 5) is 19.8. The Hall–Kier alpha value is -3.53. The monoisotopic (exact) mass is 470 g/mol. The second-order valence-electron chi connectivity index (χ2n) is 8.93. The highest BCUT2D eigenvalue weighted by atomic mass is 16.3. The largest absolute Gasteiger partial charge is 0.387 e. The number of carbonyl (C=O) groups is 1. The van der Waals surface area contributed by atoms with E-state index in [0.29, 0.717) is 23.2 Å². The normalized spacial score (nSPS) is 12.7. The Bertz CT molecular complexity index is 1210. The molecular formula is C29H34N4O2. The fraction of sp³-hybridized carbons (Fsp3) is 0.345. The van der Waals surface area contributed by atoms with Gasteiger partial charge in [-0.3, -0.25) is 9.78 Å². The van der Waals surface area contributed by atoms with E-state index in [1.807, 2.05) is 57.2 Å². The zero-order valence-corrected chi connectivity index (χ0v) is 21.2. The minimum Gasteiger partial charge on any atom is -0.387 e. The van der Waals surface area contributed by atoms with Gasteiger partial charge in [0.15, 0.2) is 0 Å². The molecule has 3 rings (SSSR count). The smallest absolute Gasteiger partial charge is 0.251 e. The Morgan fingerprint density at radius 2 is 1.83 bits per heavy atom. The van der Waals surface area contributed by atoms with Crippen molar-refractivity contribution >= 4 is 5.91 Å². The molecule has 1 heterocycles. The van der Waals surface area contributed by atoms with E-state index in [2.05, 4.69) is 35.1 Å². The standard InChI is InChI=1S/C29H34N4O2/c1-6-33(7-2)18-28(34)24-13-23(27-11-8-19(3)12-26(27)16-30)14-25(15-24)29(35)32-21(5)22-10-9-20(4)31-17-22/h8-15,17,21,28,34H,6-7,18H2,1-5H3,(H,32,35)/t21-,28?/m1/s1. The van der Waals surface area contributed by atoms with Crippen molar-refractivity contribution in [2.45, 2.75) is 46.8 Å². The number of likely N-dealkylation sites (N-methyl/N-ethyl adjacent to an activating group) is 1. The first-order chi connectivity index (χ1) is 16.7. The first kappa shape index (κ1) is 26.1. The molecule has 0 aliphatic heterocycles. The Balaban J connectivity index is 2.01. The van der Waals surface area contributed by atoms with E-state index < -0.39 is 6.10 Å². The molecular weight excluding hydrogens is 436 g/mol. The summed E-state index contributed by atoms with van der Waals surface area (Å²) in [6, 6.07) is 17.0. The topological polar surface area (TPSA) is 89.2 Å². The van der Waals surface area contributed by atoms with Crippen molar-refractivity contribution in [1.82, 2.24) is 15.2 Å². The van der Waals surface area contributed by atoms with Crippen LogP contribution in [-0.4, -0.2) is 40.5 Å². The third kappa shape index (κ3) is 6.54. The van der Waals surface area contributed by atoms with Crippen molar-refractivity contribution in [3.05, 3.63) is 88.2 Å². The second kappa shape index (κ2) is 11.7. The van der Waals surface area contributed by atoms with E-state index >= 15 is 0 Å². The molecule has 3 aromatic rings. The maximum absolute atomic E-state index is 13.3. The van der Waals surface area contributed by atoms with Gasteiger partial charge < -0.3 is 15.3 Å². The van der Waals surface area contributed by atoms with Gasteiger partial charge in [0.05, 0.1) is 23.8 Å². The van der Waals surface area contributed by atoms with Crippen LogP contribution in [0.5, 0.6) is 0 Å². The second-order valence-corrected chi connectivity index (χ2v) is 8.93. The van der Waals surface area contributed by atoms with Crippen LogP contribution in [-0.2, 0) is 0 Å². The molecule has 6 heteroatoms. The van der Waals surface area contributed by atoms with E-state index in [1.54, 1.807) is 18.3 Å². The molecule has 6 nitrogen and oxygen atoms in total. The van der Waals surface area contributed by atoms with Gasteiger partial charge in [-0.1, -0.05) is 32.0 Å². The molecule has 1 amide bonds. The summed E-state index contributed by atoms with van der Waals surface area (Å²) in [5.74, 6) is -0.248. The van der Waals surface area contributed by atoms with E-state index in [0.717, 1.165) is 41.0 Å². The Labute approximate surface area is 208 Å². The van der Waals surface area contributed by atoms with Crippen molar-refractivity contribution in [1.29, 1.82) is 5.26 Å². The van der Waals surface area contributed by atoms with Crippen molar-refractivity contribution in [2.24, 2.45) is 0 Å². The Morgan fingerprint density at radius 3 is 2.46 bits per heavy atom. The zero-order chi connectivity index (χ0) is 25.5. The van der Waals surface area contributed by atoms with Gasteiger partial charge in [-0.25, -0.2) is 0 Å². The number of nitrogens with one attached hydrogen (secondary N) is 1. The van der Waals surface area contributed by atoms with Crippen LogP contribution in [0.25, 0.3) is 11.1 Å². The first-order valence-electron chi connectivity index (χ1n) is 12.1. The average molecular weight is 471 g/mol. The molecule has 182 valence electrons. The average Bonchev–Trinajstić information content (AvgIpc) is 2.86. The molecule has 2 aromatic carbocycles. The predicted molar refractivity (Wildman–Crippen MR) is 139 cm³/mol. The summed E-state index contributed by atoms with van der Waals surface area (Å²) >= 11 is 0. The molecule has 35 heavy (non-hydrogen) atoms. The van der Waals surface area contributed by atoms with Gasteiger partial charge in [-0.15, -0.1) is 0 Å². The van der Waals surface area contributed by atoms with Crippen molar-refractivity contribution in [3.8, 4) is 17.2 Å². The Kier molecular flexibility index (Phi) is 8.75. The number of hydrogen-bond donors (Lipinski definition) is 2. The van der Waals surface area contributed by atoms with Crippen LogP contribution in [0.4, 0.5) is 0 Å². The van der Waals surface area contributed by atoms with Crippen molar-refractivity contribution < 1.29 is 9.90 Å². The summed E-state index contributed by atoms with van der Waals surface area (Å²) in [5, 5.41) is 23.8. The number of benzene rings is 2. The fourth-order valence-corrected chi connectivity index (χ4v) is 4.06. The quantitative estimate of drug-likeness (QED) is 0.454. The third-order valence-corrected chi connectivity index (χ3v) is 6.32. The lowest BCUT2D eigenvalue weighted by Gasteiger charge is -2.23. The van der Waals surface area contributed by atoms with Crippen molar-refractivity contribution in [2.75, 3.05) is 19.6 Å². The first-order valence-corrected chi connectivity index (χ1v) is 12.1.